The fourth-order valence-electron chi connectivity index (χ4n) is 2.30. The summed E-state index contributed by atoms with van der Waals surface area (Å²) >= 11 is 0. The third-order valence-corrected chi connectivity index (χ3v) is 6.72. The van der Waals surface area contributed by atoms with E-state index in [0.717, 1.165) is 19.3 Å². The lowest BCUT2D eigenvalue weighted by atomic mass is 9.83. The molecule has 0 N–H and O–H groups in total. The fourth-order valence-corrected chi connectivity index (χ4v) is 4.14. The quantitative estimate of drug-likeness (QED) is 0.713. The molecule has 3 nitrogen and oxygen atoms in total. The van der Waals surface area contributed by atoms with Gasteiger partial charge in [-0.3, -0.25) is 0 Å². The molecule has 0 aromatic heterocycles. The second-order valence-electron chi connectivity index (χ2n) is 6.54. The maximum Gasteiger partial charge on any atom is 0.219 e. The van der Waals surface area contributed by atoms with Gasteiger partial charge >= 0.3 is 0 Å². The van der Waals surface area contributed by atoms with E-state index in [9.17, 15) is 8.42 Å². The first-order valence-electron chi connectivity index (χ1n) is 6.36. The van der Waals surface area contributed by atoms with Crippen LogP contribution in [0, 0.1) is 5.41 Å². The van der Waals surface area contributed by atoms with Crippen LogP contribution in [0.25, 0.3) is 0 Å². The van der Waals surface area contributed by atoms with Gasteiger partial charge in [0.05, 0.1) is 4.75 Å². The van der Waals surface area contributed by atoms with Crippen molar-refractivity contribution in [3.05, 3.63) is 11.6 Å². The Bertz CT molecular complexity index is 439. The Balaban J connectivity index is 2.12. The van der Waals surface area contributed by atoms with Gasteiger partial charge in [0, 0.05) is 13.1 Å². The van der Waals surface area contributed by atoms with Crippen molar-refractivity contribution in [2.45, 2.75) is 51.7 Å². The number of sulfonamides is 1. The highest BCUT2D eigenvalue weighted by Crippen LogP contribution is 2.45. The molecule has 2 rings (SSSR count). The molecule has 0 unspecified atom stereocenters. The third-order valence-electron chi connectivity index (χ3n) is 4.05. The van der Waals surface area contributed by atoms with E-state index in [1.54, 1.807) is 4.31 Å². The van der Waals surface area contributed by atoms with Crippen molar-refractivity contribution in [2.24, 2.45) is 5.41 Å². The minimum Gasteiger partial charge on any atom is -0.212 e. The maximum absolute atomic E-state index is 12.3. The summed E-state index contributed by atoms with van der Waals surface area (Å²) in [5.41, 5.74) is 1.55. The summed E-state index contributed by atoms with van der Waals surface area (Å²) in [4.78, 5) is 0. The van der Waals surface area contributed by atoms with Crippen LogP contribution < -0.4 is 0 Å². The molecule has 1 aliphatic heterocycles. The van der Waals surface area contributed by atoms with E-state index >= 15 is 0 Å². The Labute approximate surface area is 105 Å². The number of nitrogens with zero attached hydrogens (tertiary/aromatic N) is 1. The van der Waals surface area contributed by atoms with Crippen molar-refractivity contribution in [1.82, 2.24) is 4.31 Å². The van der Waals surface area contributed by atoms with E-state index in [0.29, 0.717) is 13.1 Å². The number of hydrogen-bond donors (Lipinski definition) is 0. The highest BCUT2D eigenvalue weighted by Gasteiger charge is 2.52. The van der Waals surface area contributed by atoms with Crippen LogP contribution in [0.5, 0.6) is 0 Å². The van der Waals surface area contributed by atoms with Gasteiger partial charge < -0.3 is 0 Å². The van der Waals surface area contributed by atoms with Crippen LogP contribution in [0.15, 0.2) is 11.6 Å². The fraction of sp³-hybridized carbons (Fsp3) is 0.846. The lowest BCUT2D eigenvalue weighted by molar-refractivity contribution is 0.385. The first-order valence-corrected chi connectivity index (χ1v) is 7.80. The van der Waals surface area contributed by atoms with Crippen molar-refractivity contribution in [2.75, 3.05) is 13.1 Å². The Kier molecular flexibility index (Phi) is 2.94. The average molecular weight is 257 g/mol. The standard InChI is InChI=1S/C13H23NO2S/c1-12(2,3)11-5-9-14(10-6-11)17(15,16)13(4)7-8-13/h5H,6-10H2,1-4H3. The maximum atomic E-state index is 12.3. The molecule has 0 bridgehead atoms. The molecule has 1 heterocycles. The van der Waals surface area contributed by atoms with Crippen LogP contribution in [-0.4, -0.2) is 30.6 Å². The highest BCUT2D eigenvalue weighted by atomic mass is 32.2. The van der Waals surface area contributed by atoms with Crippen molar-refractivity contribution in [3.63, 3.8) is 0 Å². The first kappa shape index (κ1) is 13.1. The summed E-state index contributed by atoms with van der Waals surface area (Å²) in [6, 6.07) is 0. The Morgan fingerprint density at radius 2 is 1.88 bits per heavy atom. The van der Waals surface area contributed by atoms with Gasteiger partial charge in [-0.1, -0.05) is 32.4 Å². The van der Waals surface area contributed by atoms with Gasteiger partial charge in [-0.2, -0.15) is 4.31 Å². The highest BCUT2D eigenvalue weighted by molar-refractivity contribution is 7.90. The SMILES string of the molecule is CC(C)(C)C1=CCN(S(=O)(=O)C2(C)CC2)CC1. The Morgan fingerprint density at radius 1 is 1.29 bits per heavy atom. The van der Waals surface area contributed by atoms with Crippen molar-refractivity contribution in [1.29, 1.82) is 0 Å². The minimum absolute atomic E-state index is 0.166. The average Bonchev–Trinajstić information content (AvgIpc) is 2.97. The third kappa shape index (κ3) is 2.29. The monoisotopic (exact) mass is 257 g/mol. The van der Waals surface area contributed by atoms with Crippen LogP contribution in [0.1, 0.15) is 47.0 Å². The van der Waals surface area contributed by atoms with Crippen LogP contribution in [0.4, 0.5) is 0 Å². The van der Waals surface area contributed by atoms with Gasteiger partial charge in [-0.15, -0.1) is 0 Å². The zero-order valence-electron chi connectivity index (χ0n) is 11.3. The molecule has 0 radical (unpaired) electrons. The number of hydrogen-bond acceptors (Lipinski definition) is 2. The lowest BCUT2D eigenvalue weighted by Crippen LogP contribution is -2.42. The molecule has 1 aliphatic carbocycles. The van der Waals surface area contributed by atoms with Crippen molar-refractivity contribution >= 4 is 10.0 Å². The van der Waals surface area contributed by atoms with E-state index in [4.69, 9.17) is 0 Å². The topological polar surface area (TPSA) is 37.4 Å². The van der Waals surface area contributed by atoms with Crippen LogP contribution in [0.3, 0.4) is 0 Å². The van der Waals surface area contributed by atoms with Gasteiger partial charge in [0.15, 0.2) is 0 Å². The van der Waals surface area contributed by atoms with Crippen molar-refractivity contribution < 1.29 is 8.42 Å². The summed E-state index contributed by atoms with van der Waals surface area (Å²) in [5, 5.41) is 0. The summed E-state index contributed by atoms with van der Waals surface area (Å²) in [7, 11) is -3.07. The van der Waals surface area contributed by atoms with Gasteiger partial charge in [0.25, 0.3) is 0 Å². The molecule has 0 aromatic carbocycles. The molecule has 1 fully saturated rings. The van der Waals surface area contributed by atoms with Gasteiger partial charge in [0.1, 0.15) is 0 Å². The smallest absolute Gasteiger partial charge is 0.212 e. The molecule has 1 saturated carbocycles. The zero-order chi connectivity index (χ0) is 12.9. The summed E-state index contributed by atoms with van der Waals surface area (Å²) < 4.78 is 25.8. The zero-order valence-corrected chi connectivity index (χ0v) is 12.1. The molecule has 0 spiro atoms. The molecule has 0 saturated heterocycles. The van der Waals surface area contributed by atoms with Crippen LogP contribution in [-0.2, 0) is 10.0 Å². The van der Waals surface area contributed by atoms with Crippen LogP contribution in [0.2, 0.25) is 0 Å². The van der Waals surface area contributed by atoms with Crippen LogP contribution >= 0.6 is 0 Å². The molecule has 0 atom stereocenters. The molecular formula is C13H23NO2S. The number of rotatable bonds is 2. The second-order valence-corrected chi connectivity index (χ2v) is 8.99. The van der Waals surface area contributed by atoms with E-state index in [2.05, 4.69) is 26.8 Å². The molecule has 2 aliphatic rings. The van der Waals surface area contributed by atoms with E-state index in [-0.39, 0.29) is 5.41 Å². The van der Waals surface area contributed by atoms with Gasteiger partial charge in [0.2, 0.25) is 10.0 Å². The van der Waals surface area contributed by atoms with Crippen molar-refractivity contribution in [3.8, 4) is 0 Å². The predicted molar refractivity (Wildman–Crippen MR) is 70.3 cm³/mol. The summed E-state index contributed by atoms with van der Waals surface area (Å²) in [5.74, 6) is 0. The van der Waals surface area contributed by atoms with E-state index < -0.39 is 14.8 Å². The predicted octanol–water partition coefficient (Wildman–Crippen LogP) is 2.55. The molecule has 17 heavy (non-hydrogen) atoms. The molecule has 4 heteroatoms. The first-order chi connectivity index (χ1) is 7.67. The Morgan fingerprint density at radius 3 is 2.24 bits per heavy atom. The molecular weight excluding hydrogens is 234 g/mol. The summed E-state index contributed by atoms with van der Waals surface area (Å²) in [6.45, 7) is 9.64. The van der Waals surface area contributed by atoms with Gasteiger partial charge in [-0.05, 0) is 31.6 Å². The van der Waals surface area contributed by atoms with Gasteiger partial charge in [-0.25, -0.2) is 8.42 Å². The lowest BCUT2D eigenvalue weighted by Gasteiger charge is -2.33. The Hall–Kier alpha value is -0.350. The minimum atomic E-state index is -3.07. The second kappa shape index (κ2) is 3.82. The largest absolute Gasteiger partial charge is 0.219 e. The normalized spacial score (nSPS) is 25.5. The molecule has 0 aromatic rings. The van der Waals surface area contributed by atoms with E-state index in [1.807, 2.05) is 6.92 Å². The molecule has 98 valence electrons. The molecule has 0 amide bonds. The summed E-state index contributed by atoms with van der Waals surface area (Å²) in [6.07, 6.45) is 4.62. The van der Waals surface area contributed by atoms with E-state index in [1.165, 1.54) is 5.57 Å².